The number of aryl methyl sites for hydroxylation is 2. The van der Waals surface area contributed by atoms with E-state index in [2.05, 4.69) is 10.5 Å². The van der Waals surface area contributed by atoms with Crippen LogP contribution in [0.3, 0.4) is 0 Å². The molecular weight excluding hydrogens is 376 g/mol. The first-order valence-corrected chi connectivity index (χ1v) is 8.79. The van der Waals surface area contributed by atoms with Gasteiger partial charge in [0, 0.05) is 11.1 Å². The second kappa shape index (κ2) is 8.14. The minimum absolute atomic E-state index is 0.0362. The monoisotopic (exact) mass is 396 g/mol. The van der Waals surface area contributed by atoms with Crippen molar-refractivity contribution in [2.24, 2.45) is 0 Å². The topological polar surface area (TPSA) is 108 Å². The van der Waals surface area contributed by atoms with Gasteiger partial charge < -0.3 is 19.3 Å². The third-order valence-electron chi connectivity index (χ3n) is 4.55. The summed E-state index contributed by atoms with van der Waals surface area (Å²) in [6.45, 7) is 3.94. The third kappa shape index (κ3) is 4.26. The molecule has 0 saturated heterocycles. The number of nitrogens with zero attached hydrogens (tertiary/aromatic N) is 1. The van der Waals surface area contributed by atoms with Crippen LogP contribution >= 0.6 is 0 Å². The number of amides is 1. The summed E-state index contributed by atoms with van der Waals surface area (Å²) >= 11 is 0. The molecule has 1 heterocycles. The SMILES string of the molecule is COC(=O)c1cc(NC(=O)Cc2noc3cc(C)c(C)cc23)cc(C(=O)OC)c1. The Morgan fingerprint density at radius 3 is 2.10 bits per heavy atom. The number of fused-ring (bicyclic) bond motifs is 1. The predicted octanol–water partition coefficient (Wildman–Crippen LogP) is 3.20. The van der Waals surface area contributed by atoms with Gasteiger partial charge in [-0.1, -0.05) is 5.16 Å². The van der Waals surface area contributed by atoms with Gasteiger partial charge in [-0.25, -0.2) is 9.59 Å². The number of hydrogen-bond donors (Lipinski definition) is 1. The summed E-state index contributed by atoms with van der Waals surface area (Å²) < 4.78 is 14.7. The van der Waals surface area contributed by atoms with Gasteiger partial charge in [0.15, 0.2) is 5.58 Å². The Kier molecular flexibility index (Phi) is 5.63. The fourth-order valence-electron chi connectivity index (χ4n) is 2.90. The van der Waals surface area contributed by atoms with Crippen LogP contribution in [0.15, 0.2) is 34.9 Å². The van der Waals surface area contributed by atoms with E-state index in [0.29, 0.717) is 11.3 Å². The molecular formula is C21H20N2O6. The van der Waals surface area contributed by atoms with Crippen LogP contribution in [0.2, 0.25) is 0 Å². The Hall–Kier alpha value is -3.68. The van der Waals surface area contributed by atoms with Crippen LogP contribution in [0.1, 0.15) is 37.5 Å². The summed E-state index contributed by atoms with van der Waals surface area (Å²) in [5.41, 5.74) is 3.73. The maximum atomic E-state index is 12.6. The number of aromatic nitrogens is 1. The number of ether oxygens (including phenoxy) is 2. The highest BCUT2D eigenvalue weighted by Gasteiger charge is 2.17. The normalized spacial score (nSPS) is 10.6. The van der Waals surface area contributed by atoms with Gasteiger partial charge in [-0.15, -0.1) is 0 Å². The molecule has 0 unspecified atom stereocenters. The van der Waals surface area contributed by atoms with Gasteiger partial charge in [0.25, 0.3) is 0 Å². The predicted molar refractivity (Wildman–Crippen MR) is 105 cm³/mol. The Bertz CT molecular complexity index is 1080. The Morgan fingerprint density at radius 2 is 1.52 bits per heavy atom. The van der Waals surface area contributed by atoms with E-state index < -0.39 is 11.9 Å². The maximum Gasteiger partial charge on any atom is 0.337 e. The van der Waals surface area contributed by atoms with Crippen LogP contribution < -0.4 is 5.32 Å². The number of nitrogens with one attached hydrogen (secondary N) is 1. The molecule has 0 aliphatic heterocycles. The van der Waals surface area contributed by atoms with Gasteiger partial charge in [-0.2, -0.15) is 0 Å². The molecule has 8 nitrogen and oxygen atoms in total. The summed E-state index contributed by atoms with van der Waals surface area (Å²) in [5.74, 6) is -1.66. The zero-order valence-corrected chi connectivity index (χ0v) is 16.5. The molecule has 0 aliphatic carbocycles. The van der Waals surface area contributed by atoms with Crippen molar-refractivity contribution in [2.45, 2.75) is 20.3 Å². The number of benzene rings is 2. The minimum atomic E-state index is -0.639. The summed E-state index contributed by atoms with van der Waals surface area (Å²) in [6, 6.07) is 7.98. The molecule has 1 aromatic heterocycles. The number of anilines is 1. The minimum Gasteiger partial charge on any atom is -0.465 e. The quantitative estimate of drug-likeness (QED) is 0.660. The van der Waals surface area contributed by atoms with Gasteiger partial charge in [0.05, 0.1) is 31.8 Å². The average Bonchev–Trinajstić information content (AvgIpc) is 3.07. The van der Waals surface area contributed by atoms with E-state index in [1.807, 2.05) is 26.0 Å². The van der Waals surface area contributed by atoms with Crippen LogP contribution in [0, 0.1) is 13.8 Å². The molecule has 29 heavy (non-hydrogen) atoms. The van der Waals surface area contributed by atoms with Crippen molar-refractivity contribution >= 4 is 34.5 Å². The number of rotatable bonds is 5. The highest BCUT2D eigenvalue weighted by atomic mass is 16.5. The highest BCUT2D eigenvalue weighted by Crippen LogP contribution is 2.23. The standard InChI is InChI=1S/C21H20N2O6/c1-11-5-16-17(23-29-18(16)6-12(11)2)10-19(24)22-15-8-13(20(25)27-3)7-14(9-15)21(26)28-4/h5-9H,10H2,1-4H3,(H,22,24). The molecule has 0 saturated carbocycles. The first kappa shape index (κ1) is 20.1. The van der Waals surface area contributed by atoms with E-state index in [4.69, 9.17) is 14.0 Å². The molecule has 0 spiro atoms. The summed E-state index contributed by atoms with van der Waals surface area (Å²) in [7, 11) is 2.45. The average molecular weight is 396 g/mol. The van der Waals surface area contributed by atoms with Crippen LogP contribution in [0.5, 0.6) is 0 Å². The van der Waals surface area contributed by atoms with E-state index in [0.717, 1.165) is 16.5 Å². The molecule has 0 atom stereocenters. The van der Waals surface area contributed by atoms with E-state index >= 15 is 0 Å². The Balaban J connectivity index is 1.86. The molecule has 0 radical (unpaired) electrons. The highest BCUT2D eigenvalue weighted by molar-refractivity contribution is 6.00. The van der Waals surface area contributed by atoms with Crippen LogP contribution in [0.25, 0.3) is 11.0 Å². The number of hydrogen-bond acceptors (Lipinski definition) is 7. The second-order valence-electron chi connectivity index (χ2n) is 6.57. The molecule has 3 aromatic rings. The van der Waals surface area contributed by atoms with Gasteiger partial charge in [0.1, 0.15) is 5.69 Å². The smallest absolute Gasteiger partial charge is 0.337 e. The van der Waals surface area contributed by atoms with E-state index in [1.54, 1.807) is 0 Å². The lowest BCUT2D eigenvalue weighted by Crippen LogP contribution is -2.16. The van der Waals surface area contributed by atoms with Crippen molar-refractivity contribution in [2.75, 3.05) is 19.5 Å². The van der Waals surface area contributed by atoms with Crippen molar-refractivity contribution in [1.82, 2.24) is 5.16 Å². The number of carbonyl (C=O) groups excluding carboxylic acids is 3. The lowest BCUT2D eigenvalue weighted by molar-refractivity contribution is -0.115. The number of carbonyl (C=O) groups is 3. The largest absolute Gasteiger partial charge is 0.465 e. The van der Waals surface area contributed by atoms with Crippen LogP contribution in [0.4, 0.5) is 5.69 Å². The second-order valence-corrected chi connectivity index (χ2v) is 6.57. The van der Waals surface area contributed by atoms with Crippen LogP contribution in [-0.4, -0.2) is 37.2 Å². The first-order chi connectivity index (χ1) is 13.8. The van der Waals surface area contributed by atoms with E-state index in [1.165, 1.54) is 32.4 Å². The summed E-state index contributed by atoms with van der Waals surface area (Å²) in [6.07, 6.45) is -0.0362. The molecule has 1 N–H and O–H groups in total. The Labute approximate surface area is 166 Å². The van der Waals surface area contributed by atoms with Crippen molar-refractivity contribution in [3.05, 3.63) is 58.3 Å². The van der Waals surface area contributed by atoms with Gasteiger partial charge in [0.2, 0.25) is 5.91 Å². The maximum absolute atomic E-state index is 12.6. The third-order valence-corrected chi connectivity index (χ3v) is 4.55. The van der Waals surface area contributed by atoms with Crippen molar-refractivity contribution < 1.29 is 28.4 Å². The van der Waals surface area contributed by atoms with E-state index in [-0.39, 0.29) is 29.1 Å². The van der Waals surface area contributed by atoms with Crippen molar-refractivity contribution in [3.8, 4) is 0 Å². The molecule has 1 amide bonds. The Morgan fingerprint density at radius 1 is 0.931 bits per heavy atom. The summed E-state index contributed by atoms with van der Waals surface area (Å²) in [4.78, 5) is 36.3. The van der Waals surface area contributed by atoms with E-state index in [9.17, 15) is 14.4 Å². The molecule has 0 fully saturated rings. The lowest BCUT2D eigenvalue weighted by atomic mass is 10.1. The number of esters is 2. The zero-order chi connectivity index (χ0) is 21.1. The molecule has 2 aromatic carbocycles. The lowest BCUT2D eigenvalue weighted by Gasteiger charge is -2.09. The summed E-state index contributed by atoms with van der Waals surface area (Å²) in [5, 5.41) is 7.43. The van der Waals surface area contributed by atoms with Gasteiger partial charge in [-0.3, -0.25) is 4.79 Å². The molecule has 150 valence electrons. The number of methoxy groups -OCH3 is 2. The molecule has 0 aliphatic rings. The van der Waals surface area contributed by atoms with Crippen molar-refractivity contribution in [1.29, 1.82) is 0 Å². The fraction of sp³-hybridized carbons (Fsp3) is 0.238. The molecule has 3 rings (SSSR count). The van der Waals surface area contributed by atoms with Crippen molar-refractivity contribution in [3.63, 3.8) is 0 Å². The van der Waals surface area contributed by atoms with Gasteiger partial charge in [-0.05, 0) is 55.3 Å². The molecule has 0 bridgehead atoms. The zero-order valence-electron chi connectivity index (χ0n) is 16.5. The fourth-order valence-corrected chi connectivity index (χ4v) is 2.90. The molecule has 8 heteroatoms. The van der Waals surface area contributed by atoms with Gasteiger partial charge >= 0.3 is 11.9 Å². The first-order valence-electron chi connectivity index (χ1n) is 8.79. The van der Waals surface area contributed by atoms with Crippen LogP contribution in [-0.2, 0) is 20.7 Å².